The largest absolute Gasteiger partial charge is 0.195 e. The van der Waals surface area contributed by atoms with Crippen LogP contribution in [0.2, 0.25) is 0 Å². The number of hydrogen-bond acceptors (Lipinski definition) is 2. The van der Waals surface area contributed by atoms with Crippen molar-refractivity contribution in [3.05, 3.63) is 0 Å². The summed E-state index contributed by atoms with van der Waals surface area (Å²) >= 11 is 0. The first-order chi connectivity index (χ1) is 4.77. The van der Waals surface area contributed by atoms with E-state index in [1.54, 1.807) is 0 Å². The van der Waals surface area contributed by atoms with Crippen LogP contribution in [0.1, 0.15) is 33.6 Å². The summed E-state index contributed by atoms with van der Waals surface area (Å²) in [5.74, 6) is 0.803. The molecule has 60 valence electrons. The van der Waals surface area contributed by atoms with Crippen LogP contribution in [0.4, 0.5) is 0 Å². The topological polar surface area (TPSA) is 24.7 Å². The molecule has 0 aliphatic carbocycles. The van der Waals surface area contributed by atoms with Gasteiger partial charge in [-0.15, -0.1) is 0 Å². The van der Waals surface area contributed by atoms with E-state index in [-0.39, 0.29) is 0 Å². The molecule has 0 aromatic heterocycles. The van der Waals surface area contributed by atoms with Gasteiger partial charge in [0, 0.05) is 0 Å². The monoisotopic (exact) mass is 142 g/mol. The fraction of sp³-hybridized carbons (Fsp3) is 1.00. The van der Waals surface area contributed by atoms with Crippen LogP contribution in [-0.4, -0.2) is 13.1 Å². The highest BCUT2D eigenvalue weighted by Crippen LogP contribution is 2.02. The molecule has 0 saturated carbocycles. The van der Waals surface area contributed by atoms with Crippen molar-refractivity contribution in [2.45, 2.75) is 33.6 Å². The smallest absolute Gasteiger partial charge is 0.0599 e. The molecule has 0 unspecified atom stereocenters. The second-order valence-corrected chi connectivity index (χ2v) is 2.86. The normalized spacial score (nSPS) is 11.6. The van der Waals surface area contributed by atoms with Crippen LogP contribution in [0.15, 0.2) is 10.2 Å². The minimum absolute atomic E-state index is 0.803. The van der Waals surface area contributed by atoms with Gasteiger partial charge in [0.15, 0.2) is 0 Å². The Morgan fingerprint density at radius 3 is 2.40 bits per heavy atom. The van der Waals surface area contributed by atoms with Crippen LogP contribution in [0.3, 0.4) is 0 Å². The zero-order chi connectivity index (χ0) is 7.82. The molecule has 0 aliphatic rings. The lowest BCUT2D eigenvalue weighted by atomic mass is 10.1. The van der Waals surface area contributed by atoms with E-state index in [1.165, 1.54) is 12.8 Å². The third-order valence-electron chi connectivity index (χ3n) is 1.28. The fourth-order valence-corrected chi connectivity index (χ4v) is 0.741. The zero-order valence-electron chi connectivity index (χ0n) is 7.30. The molecule has 0 rings (SSSR count). The number of rotatable bonds is 5. The lowest BCUT2D eigenvalue weighted by Gasteiger charge is -1.99. The molecule has 0 heterocycles. The maximum Gasteiger partial charge on any atom is 0.0599 e. The van der Waals surface area contributed by atoms with E-state index in [4.69, 9.17) is 0 Å². The van der Waals surface area contributed by atoms with Crippen LogP contribution >= 0.6 is 0 Å². The zero-order valence-corrected chi connectivity index (χ0v) is 7.30. The Hall–Kier alpha value is -0.400. The van der Waals surface area contributed by atoms with Gasteiger partial charge in [-0.2, -0.15) is 10.2 Å². The Bertz CT molecular complexity index is 87.3. The summed E-state index contributed by atoms with van der Waals surface area (Å²) in [5.41, 5.74) is 0. The van der Waals surface area contributed by atoms with Gasteiger partial charge in [0.1, 0.15) is 0 Å². The molecule has 0 radical (unpaired) electrons. The molecule has 0 aliphatic heterocycles. The first-order valence-electron chi connectivity index (χ1n) is 4.10. The molecule has 0 aromatic carbocycles. The van der Waals surface area contributed by atoms with Gasteiger partial charge in [-0.1, -0.05) is 13.8 Å². The molecular weight excluding hydrogens is 124 g/mol. The quantitative estimate of drug-likeness (QED) is 0.416. The molecule has 2 nitrogen and oxygen atoms in total. The second-order valence-electron chi connectivity index (χ2n) is 2.86. The van der Waals surface area contributed by atoms with E-state index in [1.807, 2.05) is 6.92 Å². The third kappa shape index (κ3) is 7.60. The van der Waals surface area contributed by atoms with Crippen molar-refractivity contribution >= 4 is 0 Å². The maximum atomic E-state index is 3.99. The summed E-state index contributed by atoms with van der Waals surface area (Å²) in [6, 6.07) is 0. The number of hydrogen-bond donors (Lipinski definition) is 0. The van der Waals surface area contributed by atoms with Crippen molar-refractivity contribution in [1.82, 2.24) is 0 Å². The van der Waals surface area contributed by atoms with Crippen molar-refractivity contribution in [3.8, 4) is 0 Å². The lowest BCUT2D eigenvalue weighted by molar-refractivity contribution is 0.556. The molecule has 0 bridgehead atoms. The molecule has 0 saturated heterocycles. The van der Waals surface area contributed by atoms with E-state index in [9.17, 15) is 0 Å². The van der Waals surface area contributed by atoms with Crippen molar-refractivity contribution in [2.75, 3.05) is 13.1 Å². The average Bonchev–Trinajstić information content (AvgIpc) is 1.87. The minimum Gasteiger partial charge on any atom is -0.195 e. The van der Waals surface area contributed by atoms with Crippen LogP contribution in [0.5, 0.6) is 0 Å². The van der Waals surface area contributed by atoms with Crippen LogP contribution in [0.25, 0.3) is 0 Å². The molecule has 0 amide bonds. The van der Waals surface area contributed by atoms with Crippen LogP contribution in [0, 0.1) is 5.92 Å². The van der Waals surface area contributed by atoms with E-state index in [0.717, 1.165) is 19.0 Å². The van der Waals surface area contributed by atoms with Gasteiger partial charge in [0.25, 0.3) is 0 Å². The minimum atomic E-state index is 0.803. The summed E-state index contributed by atoms with van der Waals surface area (Å²) < 4.78 is 0. The highest BCUT2D eigenvalue weighted by molar-refractivity contribution is 4.47. The Kier molecular flexibility index (Phi) is 6.45. The predicted octanol–water partition coefficient (Wildman–Crippen LogP) is 2.89. The van der Waals surface area contributed by atoms with Crippen molar-refractivity contribution in [1.29, 1.82) is 0 Å². The SMILES string of the molecule is CCN=NCCCC(C)C. The molecular formula is C8H18N2. The Labute approximate surface area is 63.7 Å². The lowest BCUT2D eigenvalue weighted by Crippen LogP contribution is -1.88. The molecule has 2 heteroatoms. The van der Waals surface area contributed by atoms with E-state index >= 15 is 0 Å². The van der Waals surface area contributed by atoms with Crippen LogP contribution in [-0.2, 0) is 0 Å². The highest BCUT2D eigenvalue weighted by atomic mass is 15.1. The van der Waals surface area contributed by atoms with Crippen molar-refractivity contribution in [3.63, 3.8) is 0 Å². The molecule has 0 N–H and O–H groups in total. The van der Waals surface area contributed by atoms with Crippen molar-refractivity contribution < 1.29 is 0 Å². The van der Waals surface area contributed by atoms with Gasteiger partial charge in [-0.3, -0.25) is 0 Å². The summed E-state index contributed by atoms with van der Waals surface area (Å²) in [5, 5.41) is 7.88. The predicted molar refractivity (Wildman–Crippen MR) is 44.3 cm³/mol. The van der Waals surface area contributed by atoms with Gasteiger partial charge in [0.05, 0.1) is 13.1 Å². The Morgan fingerprint density at radius 1 is 1.20 bits per heavy atom. The summed E-state index contributed by atoms with van der Waals surface area (Å²) in [4.78, 5) is 0. The second kappa shape index (κ2) is 6.72. The van der Waals surface area contributed by atoms with Gasteiger partial charge in [-0.05, 0) is 25.7 Å². The summed E-state index contributed by atoms with van der Waals surface area (Å²) in [6.07, 6.45) is 2.45. The highest BCUT2D eigenvalue weighted by Gasteiger charge is 1.91. The number of azo groups is 1. The molecule has 0 spiro atoms. The Balaban J connectivity index is 2.97. The van der Waals surface area contributed by atoms with E-state index in [0.29, 0.717) is 0 Å². The maximum absolute atomic E-state index is 3.99. The molecule has 0 fully saturated rings. The Morgan fingerprint density at radius 2 is 1.90 bits per heavy atom. The fourth-order valence-electron chi connectivity index (χ4n) is 0.741. The van der Waals surface area contributed by atoms with Gasteiger partial charge >= 0.3 is 0 Å². The van der Waals surface area contributed by atoms with Gasteiger partial charge in [-0.25, -0.2) is 0 Å². The molecule has 0 aromatic rings. The van der Waals surface area contributed by atoms with Crippen molar-refractivity contribution in [2.24, 2.45) is 16.1 Å². The first kappa shape index (κ1) is 9.60. The third-order valence-corrected chi connectivity index (χ3v) is 1.28. The van der Waals surface area contributed by atoms with E-state index < -0.39 is 0 Å². The van der Waals surface area contributed by atoms with Crippen LogP contribution < -0.4 is 0 Å². The first-order valence-corrected chi connectivity index (χ1v) is 4.10. The summed E-state index contributed by atoms with van der Waals surface area (Å²) in [6.45, 7) is 8.20. The average molecular weight is 142 g/mol. The molecule has 0 atom stereocenters. The number of nitrogens with zero attached hydrogens (tertiary/aromatic N) is 2. The van der Waals surface area contributed by atoms with Gasteiger partial charge < -0.3 is 0 Å². The van der Waals surface area contributed by atoms with E-state index in [2.05, 4.69) is 24.1 Å². The van der Waals surface area contributed by atoms with Gasteiger partial charge in [0.2, 0.25) is 0 Å². The summed E-state index contributed by atoms with van der Waals surface area (Å²) in [7, 11) is 0. The molecule has 10 heavy (non-hydrogen) atoms. The standard InChI is InChI=1S/C8H18N2/c1-4-9-10-7-5-6-8(2)3/h8H,4-7H2,1-3H3.